The van der Waals surface area contributed by atoms with E-state index in [2.05, 4.69) is 20.6 Å². The summed E-state index contributed by atoms with van der Waals surface area (Å²) in [5.74, 6) is 1.63. The molecule has 0 saturated heterocycles. The van der Waals surface area contributed by atoms with Crippen LogP contribution in [-0.4, -0.2) is 27.7 Å². The van der Waals surface area contributed by atoms with E-state index in [0.29, 0.717) is 0 Å². The lowest BCUT2D eigenvalue weighted by Crippen LogP contribution is -1.96. The second kappa shape index (κ2) is 4.54. The Hall–Kier alpha value is -1.91. The zero-order chi connectivity index (χ0) is 10.5. The Morgan fingerprint density at radius 3 is 2.87 bits per heavy atom. The zero-order valence-corrected chi connectivity index (χ0v) is 8.47. The molecular formula is C10H12N4O. The molecule has 15 heavy (non-hydrogen) atoms. The van der Waals surface area contributed by atoms with Crippen LogP contribution in [0.2, 0.25) is 0 Å². The van der Waals surface area contributed by atoms with Crippen molar-refractivity contribution < 1.29 is 4.74 Å². The molecule has 0 unspecified atom stereocenters. The first kappa shape index (κ1) is 9.64. The van der Waals surface area contributed by atoms with Gasteiger partial charge in [-0.1, -0.05) is 23.4 Å². The molecule has 0 radical (unpaired) electrons. The van der Waals surface area contributed by atoms with Crippen LogP contribution in [0.15, 0.2) is 24.3 Å². The molecule has 1 heterocycles. The number of nitrogens with zero attached hydrogens (tertiary/aromatic N) is 3. The van der Waals surface area contributed by atoms with Gasteiger partial charge in [-0.05, 0) is 18.1 Å². The summed E-state index contributed by atoms with van der Waals surface area (Å²) in [6, 6.07) is 7.94. The predicted octanol–water partition coefficient (Wildman–Crippen LogP) is 0.993. The zero-order valence-electron chi connectivity index (χ0n) is 8.47. The van der Waals surface area contributed by atoms with E-state index in [1.165, 1.54) is 0 Å². The number of aryl methyl sites for hydroxylation is 2. The Kier molecular flexibility index (Phi) is 2.92. The van der Waals surface area contributed by atoms with E-state index in [1.807, 2.05) is 24.3 Å². The first-order valence-corrected chi connectivity index (χ1v) is 4.74. The molecule has 0 aliphatic carbocycles. The average Bonchev–Trinajstić information content (AvgIpc) is 2.79. The van der Waals surface area contributed by atoms with Crippen molar-refractivity contribution in [2.45, 2.75) is 12.8 Å². The number of H-pyrrole nitrogens is 1. The minimum Gasteiger partial charge on any atom is -0.496 e. The van der Waals surface area contributed by atoms with Crippen molar-refractivity contribution in [2.24, 2.45) is 0 Å². The van der Waals surface area contributed by atoms with Crippen molar-refractivity contribution >= 4 is 0 Å². The fourth-order valence-corrected chi connectivity index (χ4v) is 1.44. The van der Waals surface area contributed by atoms with Crippen LogP contribution in [0.1, 0.15) is 11.4 Å². The third-order valence-corrected chi connectivity index (χ3v) is 2.20. The van der Waals surface area contributed by atoms with E-state index in [-0.39, 0.29) is 0 Å². The third-order valence-electron chi connectivity index (χ3n) is 2.20. The SMILES string of the molecule is COc1ccccc1CCc1nn[nH]n1. The van der Waals surface area contributed by atoms with E-state index in [4.69, 9.17) is 4.74 Å². The molecule has 1 aromatic carbocycles. The molecule has 0 saturated carbocycles. The molecule has 1 N–H and O–H groups in total. The van der Waals surface area contributed by atoms with Crippen LogP contribution in [0.5, 0.6) is 5.75 Å². The molecule has 0 atom stereocenters. The maximum atomic E-state index is 5.25. The minimum absolute atomic E-state index is 0.723. The molecular weight excluding hydrogens is 192 g/mol. The number of nitrogens with one attached hydrogen (secondary N) is 1. The fraction of sp³-hybridized carbons (Fsp3) is 0.300. The van der Waals surface area contributed by atoms with E-state index in [0.717, 1.165) is 30.0 Å². The van der Waals surface area contributed by atoms with E-state index in [9.17, 15) is 0 Å². The highest BCUT2D eigenvalue weighted by Crippen LogP contribution is 2.18. The lowest BCUT2D eigenvalue weighted by molar-refractivity contribution is 0.409. The molecule has 1 aromatic heterocycles. The van der Waals surface area contributed by atoms with Gasteiger partial charge in [0.05, 0.1) is 7.11 Å². The largest absolute Gasteiger partial charge is 0.496 e. The highest BCUT2D eigenvalue weighted by atomic mass is 16.5. The summed E-state index contributed by atoms with van der Waals surface area (Å²) < 4.78 is 5.25. The number of methoxy groups -OCH3 is 1. The molecule has 0 amide bonds. The Morgan fingerprint density at radius 1 is 1.27 bits per heavy atom. The summed E-state index contributed by atoms with van der Waals surface area (Å²) >= 11 is 0. The van der Waals surface area contributed by atoms with Gasteiger partial charge in [-0.15, -0.1) is 10.2 Å². The summed E-state index contributed by atoms with van der Waals surface area (Å²) in [6.07, 6.45) is 1.61. The van der Waals surface area contributed by atoms with Gasteiger partial charge in [0.25, 0.3) is 0 Å². The van der Waals surface area contributed by atoms with Crippen molar-refractivity contribution in [1.29, 1.82) is 0 Å². The van der Waals surface area contributed by atoms with Crippen molar-refractivity contribution in [3.8, 4) is 5.75 Å². The van der Waals surface area contributed by atoms with Gasteiger partial charge in [0.2, 0.25) is 0 Å². The topological polar surface area (TPSA) is 63.7 Å². The fourth-order valence-electron chi connectivity index (χ4n) is 1.44. The summed E-state index contributed by atoms with van der Waals surface area (Å²) in [6.45, 7) is 0. The van der Waals surface area contributed by atoms with Gasteiger partial charge in [0.1, 0.15) is 5.75 Å². The normalized spacial score (nSPS) is 10.2. The van der Waals surface area contributed by atoms with Crippen LogP contribution < -0.4 is 4.74 Å². The number of hydrogen-bond donors (Lipinski definition) is 1. The third kappa shape index (κ3) is 2.31. The van der Waals surface area contributed by atoms with E-state index in [1.54, 1.807) is 7.11 Å². The van der Waals surface area contributed by atoms with Gasteiger partial charge in [0.15, 0.2) is 5.82 Å². The summed E-state index contributed by atoms with van der Waals surface area (Å²) in [5.41, 5.74) is 1.16. The molecule has 0 spiro atoms. The summed E-state index contributed by atoms with van der Waals surface area (Å²) in [5, 5.41) is 13.7. The second-order valence-electron chi connectivity index (χ2n) is 3.14. The Balaban J connectivity index is 2.04. The van der Waals surface area contributed by atoms with Gasteiger partial charge < -0.3 is 4.74 Å². The lowest BCUT2D eigenvalue weighted by Gasteiger charge is -2.06. The first-order chi connectivity index (χ1) is 7.40. The molecule has 0 aliphatic heterocycles. The number of para-hydroxylation sites is 1. The smallest absolute Gasteiger partial charge is 0.174 e. The number of tetrazole rings is 1. The van der Waals surface area contributed by atoms with Crippen LogP contribution in [-0.2, 0) is 12.8 Å². The number of aromatic amines is 1. The van der Waals surface area contributed by atoms with E-state index >= 15 is 0 Å². The number of ether oxygens (including phenoxy) is 1. The molecule has 0 bridgehead atoms. The Labute approximate surface area is 87.5 Å². The molecule has 2 aromatic rings. The molecule has 0 fully saturated rings. The van der Waals surface area contributed by atoms with Crippen LogP contribution >= 0.6 is 0 Å². The molecule has 78 valence electrons. The minimum atomic E-state index is 0.723. The second-order valence-corrected chi connectivity index (χ2v) is 3.14. The standard InChI is InChI=1S/C10H12N4O/c1-15-9-5-3-2-4-8(9)6-7-10-11-13-14-12-10/h2-5H,6-7H2,1H3,(H,11,12,13,14). The van der Waals surface area contributed by atoms with Gasteiger partial charge in [-0.2, -0.15) is 5.21 Å². The van der Waals surface area contributed by atoms with Crippen LogP contribution in [0.4, 0.5) is 0 Å². The van der Waals surface area contributed by atoms with Gasteiger partial charge in [-0.25, -0.2) is 0 Å². The van der Waals surface area contributed by atoms with E-state index < -0.39 is 0 Å². The van der Waals surface area contributed by atoms with Gasteiger partial charge >= 0.3 is 0 Å². The average molecular weight is 204 g/mol. The quantitative estimate of drug-likeness (QED) is 0.806. The maximum Gasteiger partial charge on any atom is 0.174 e. The Morgan fingerprint density at radius 2 is 2.13 bits per heavy atom. The van der Waals surface area contributed by atoms with Gasteiger partial charge in [-0.3, -0.25) is 0 Å². The Bertz CT molecular complexity index is 413. The predicted molar refractivity (Wildman–Crippen MR) is 54.6 cm³/mol. The van der Waals surface area contributed by atoms with Crippen LogP contribution in [0, 0.1) is 0 Å². The number of hydrogen-bond acceptors (Lipinski definition) is 4. The number of benzene rings is 1. The van der Waals surface area contributed by atoms with Crippen LogP contribution in [0.25, 0.3) is 0 Å². The molecule has 5 nitrogen and oxygen atoms in total. The molecule has 0 aliphatic rings. The van der Waals surface area contributed by atoms with Gasteiger partial charge in [0, 0.05) is 6.42 Å². The highest BCUT2D eigenvalue weighted by Gasteiger charge is 2.03. The molecule has 5 heteroatoms. The van der Waals surface area contributed by atoms with Crippen molar-refractivity contribution in [3.05, 3.63) is 35.7 Å². The maximum absolute atomic E-state index is 5.25. The van der Waals surface area contributed by atoms with Crippen LogP contribution in [0.3, 0.4) is 0 Å². The summed E-state index contributed by atoms with van der Waals surface area (Å²) in [7, 11) is 1.67. The van der Waals surface area contributed by atoms with Crippen molar-refractivity contribution in [3.63, 3.8) is 0 Å². The van der Waals surface area contributed by atoms with Crippen molar-refractivity contribution in [2.75, 3.05) is 7.11 Å². The first-order valence-electron chi connectivity index (χ1n) is 4.74. The summed E-state index contributed by atoms with van der Waals surface area (Å²) in [4.78, 5) is 0. The molecule has 2 rings (SSSR count). The number of aromatic nitrogens is 4. The monoisotopic (exact) mass is 204 g/mol. The van der Waals surface area contributed by atoms with Crippen molar-refractivity contribution in [1.82, 2.24) is 20.6 Å². The number of rotatable bonds is 4. The highest BCUT2D eigenvalue weighted by molar-refractivity contribution is 5.33. The lowest BCUT2D eigenvalue weighted by atomic mass is 10.1.